The van der Waals surface area contributed by atoms with Crippen molar-refractivity contribution in [3.8, 4) is 0 Å². The van der Waals surface area contributed by atoms with Crippen LogP contribution in [0.25, 0.3) is 0 Å². The van der Waals surface area contributed by atoms with E-state index in [1.54, 1.807) is 6.08 Å². The molecule has 1 aliphatic heterocycles. The van der Waals surface area contributed by atoms with Gasteiger partial charge in [0.15, 0.2) is 0 Å². The van der Waals surface area contributed by atoms with Crippen LogP contribution in [0.3, 0.4) is 0 Å². The summed E-state index contributed by atoms with van der Waals surface area (Å²) in [5, 5.41) is 3.66. The highest BCUT2D eigenvalue weighted by atomic mass is 35.5. The summed E-state index contributed by atoms with van der Waals surface area (Å²) < 4.78 is 0. The second-order valence-corrected chi connectivity index (χ2v) is 12.0. The summed E-state index contributed by atoms with van der Waals surface area (Å²) in [6.45, 7) is 4.80. The minimum Gasteiger partial charge on any atom is -0.338 e. The molecule has 0 saturated heterocycles. The molecule has 7 heteroatoms. The largest absolute Gasteiger partial charge is 0.338 e. The van der Waals surface area contributed by atoms with Crippen molar-refractivity contribution < 1.29 is 9.59 Å². The van der Waals surface area contributed by atoms with Crippen LogP contribution in [0.5, 0.6) is 0 Å². The van der Waals surface area contributed by atoms with Gasteiger partial charge in [0.1, 0.15) is 0 Å². The molecule has 2 amide bonds. The summed E-state index contributed by atoms with van der Waals surface area (Å²) in [7, 11) is 1.97. The van der Waals surface area contributed by atoms with Crippen molar-refractivity contribution in [2.45, 2.75) is 64.8 Å². The Kier molecular flexibility index (Phi) is 5.80. The average Bonchev–Trinajstić information content (AvgIpc) is 3.10. The number of likely N-dealkylation sites (N-methyl/N-ethyl adjacent to an activating group) is 1. The Morgan fingerprint density at radius 2 is 1.85 bits per heavy atom. The van der Waals surface area contributed by atoms with E-state index in [-0.39, 0.29) is 22.6 Å². The minimum atomic E-state index is -0.0231. The van der Waals surface area contributed by atoms with Crippen LogP contribution in [0.4, 0.5) is 5.69 Å². The van der Waals surface area contributed by atoms with Gasteiger partial charge in [-0.05, 0) is 73.7 Å². The zero-order valence-corrected chi connectivity index (χ0v) is 21.1. The topological polar surface area (TPSA) is 62.3 Å². The molecule has 0 aromatic carbocycles. The Morgan fingerprint density at radius 3 is 2.58 bits per heavy atom. The van der Waals surface area contributed by atoms with Crippen LogP contribution < -0.4 is 5.32 Å². The second kappa shape index (κ2) is 8.27. The van der Waals surface area contributed by atoms with Crippen LogP contribution in [-0.4, -0.2) is 34.8 Å². The fourth-order valence-corrected chi connectivity index (χ4v) is 8.59. The predicted octanol–water partition coefficient (Wildman–Crippen LogP) is 5.97. The molecule has 5 rings (SSSR count). The van der Waals surface area contributed by atoms with E-state index in [4.69, 9.17) is 23.2 Å². The Labute approximate surface area is 206 Å². The summed E-state index contributed by atoms with van der Waals surface area (Å²) in [6.07, 6.45) is 14.3. The molecule has 0 bridgehead atoms. The van der Waals surface area contributed by atoms with Gasteiger partial charge in [-0.1, -0.05) is 43.1 Å². The Hall–Kier alpha value is -1.59. The van der Waals surface area contributed by atoms with E-state index in [1.165, 1.54) is 25.2 Å². The number of hydrogen-bond acceptors (Lipinski definition) is 3. The number of pyridine rings is 1. The fourth-order valence-electron chi connectivity index (χ4n) is 8.13. The third kappa shape index (κ3) is 3.61. The molecular formula is C26H33Cl2N3O2. The standard InChI is InChI=1S/C26H33Cl2N3O2/c1-25-10-8-18-16(5-7-21-26(18,2)11-9-23(33)31(21)3)17(25)6-4-15(25)12-22(32)30-24-19(27)13-29-14-20(24)28/h9,11,13-18,21H,4-8,10,12H2,1-3H3,(H,29,30,32)/t15-,16+,17+,18+,21-,25-,26-/m1/s1. The maximum Gasteiger partial charge on any atom is 0.246 e. The second-order valence-electron chi connectivity index (χ2n) is 11.2. The smallest absolute Gasteiger partial charge is 0.246 e. The van der Waals surface area contributed by atoms with Crippen LogP contribution in [0.15, 0.2) is 24.5 Å². The molecule has 3 fully saturated rings. The normalized spacial score (nSPS) is 39.6. The van der Waals surface area contributed by atoms with Crippen molar-refractivity contribution in [1.29, 1.82) is 0 Å². The van der Waals surface area contributed by atoms with E-state index in [2.05, 4.69) is 30.2 Å². The lowest BCUT2D eigenvalue weighted by Crippen LogP contribution is -2.59. The number of nitrogens with zero attached hydrogens (tertiary/aromatic N) is 2. The van der Waals surface area contributed by atoms with Crippen molar-refractivity contribution in [3.05, 3.63) is 34.6 Å². The van der Waals surface area contributed by atoms with Gasteiger partial charge in [0, 0.05) is 37.3 Å². The highest BCUT2D eigenvalue weighted by Crippen LogP contribution is 2.66. The molecule has 1 aromatic rings. The summed E-state index contributed by atoms with van der Waals surface area (Å²) in [5.74, 6) is 2.37. The first-order valence-electron chi connectivity index (χ1n) is 12.2. The molecule has 4 aliphatic rings. The number of rotatable bonds is 3. The Balaban J connectivity index is 1.32. The van der Waals surface area contributed by atoms with Gasteiger partial charge in [-0.2, -0.15) is 0 Å². The number of carbonyl (C=O) groups is 2. The van der Waals surface area contributed by atoms with Gasteiger partial charge < -0.3 is 10.2 Å². The van der Waals surface area contributed by atoms with Crippen LogP contribution in [0.1, 0.15) is 58.8 Å². The zero-order valence-electron chi connectivity index (χ0n) is 19.6. The molecule has 33 heavy (non-hydrogen) atoms. The first-order valence-corrected chi connectivity index (χ1v) is 13.0. The molecule has 178 valence electrons. The van der Waals surface area contributed by atoms with Crippen molar-refractivity contribution >= 4 is 40.7 Å². The molecule has 0 radical (unpaired) electrons. The van der Waals surface area contributed by atoms with Crippen LogP contribution in [0.2, 0.25) is 10.0 Å². The highest BCUT2D eigenvalue weighted by Gasteiger charge is 2.60. The monoisotopic (exact) mass is 489 g/mol. The molecule has 1 aromatic heterocycles. The summed E-state index contributed by atoms with van der Waals surface area (Å²) in [4.78, 5) is 31.2. The van der Waals surface area contributed by atoms with Crippen LogP contribution in [0, 0.1) is 34.5 Å². The average molecular weight is 490 g/mol. The molecule has 2 heterocycles. The zero-order chi connectivity index (χ0) is 23.5. The lowest BCUT2D eigenvalue weighted by Gasteiger charge is -2.60. The molecule has 0 spiro atoms. The summed E-state index contributed by atoms with van der Waals surface area (Å²) in [5.41, 5.74) is 0.681. The highest BCUT2D eigenvalue weighted by molar-refractivity contribution is 6.39. The van der Waals surface area contributed by atoms with Gasteiger partial charge in [-0.15, -0.1) is 0 Å². The molecule has 5 nitrogen and oxygen atoms in total. The van der Waals surface area contributed by atoms with E-state index in [9.17, 15) is 9.59 Å². The quantitative estimate of drug-likeness (QED) is 0.568. The van der Waals surface area contributed by atoms with Gasteiger partial charge in [-0.3, -0.25) is 14.6 Å². The molecule has 1 N–H and O–H groups in total. The van der Waals surface area contributed by atoms with Gasteiger partial charge in [0.2, 0.25) is 11.8 Å². The third-order valence-corrected chi connectivity index (χ3v) is 10.4. The van der Waals surface area contributed by atoms with E-state index in [0.29, 0.717) is 51.9 Å². The number of nitrogens with one attached hydrogen (secondary N) is 1. The first kappa shape index (κ1) is 23.2. The van der Waals surface area contributed by atoms with Crippen molar-refractivity contribution in [2.75, 3.05) is 12.4 Å². The number of amides is 2. The molecule has 7 atom stereocenters. The van der Waals surface area contributed by atoms with Crippen LogP contribution >= 0.6 is 23.2 Å². The van der Waals surface area contributed by atoms with Crippen molar-refractivity contribution in [1.82, 2.24) is 9.88 Å². The van der Waals surface area contributed by atoms with Crippen molar-refractivity contribution in [2.24, 2.45) is 34.5 Å². The van der Waals surface area contributed by atoms with Gasteiger partial charge in [0.05, 0.1) is 15.7 Å². The maximum atomic E-state index is 13.0. The molecule has 3 aliphatic carbocycles. The van der Waals surface area contributed by atoms with Gasteiger partial charge in [0.25, 0.3) is 0 Å². The van der Waals surface area contributed by atoms with Gasteiger partial charge >= 0.3 is 0 Å². The minimum absolute atomic E-state index is 0.0231. The van der Waals surface area contributed by atoms with E-state index in [1.807, 2.05) is 11.9 Å². The fraction of sp³-hybridized carbons (Fsp3) is 0.654. The van der Waals surface area contributed by atoms with Crippen molar-refractivity contribution in [3.63, 3.8) is 0 Å². The number of fused-ring (bicyclic) bond motifs is 5. The Bertz CT molecular complexity index is 993. The number of aromatic nitrogens is 1. The van der Waals surface area contributed by atoms with E-state index in [0.717, 1.165) is 25.7 Å². The molecule has 3 saturated carbocycles. The number of carbonyl (C=O) groups excluding carboxylic acids is 2. The predicted molar refractivity (Wildman–Crippen MR) is 131 cm³/mol. The maximum absolute atomic E-state index is 13.0. The van der Waals surface area contributed by atoms with E-state index >= 15 is 0 Å². The lowest BCUT2D eigenvalue weighted by molar-refractivity contribution is -0.139. The van der Waals surface area contributed by atoms with Gasteiger partial charge in [-0.25, -0.2) is 0 Å². The molecular weight excluding hydrogens is 457 g/mol. The number of hydrogen-bond donors (Lipinski definition) is 1. The third-order valence-electron chi connectivity index (χ3n) is 9.87. The first-order chi connectivity index (χ1) is 15.6. The van der Waals surface area contributed by atoms with E-state index < -0.39 is 0 Å². The summed E-state index contributed by atoms with van der Waals surface area (Å²) in [6, 6.07) is 0.304. The number of halogens is 2. The van der Waals surface area contributed by atoms with Crippen LogP contribution in [-0.2, 0) is 9.59 Å². The SMILES string of the molecule is CN1C(=O)C=C[C@]2(C)[C@H]3CC[C@]4(C)[C@@H](CC(=O)Nc5c(Cl)cncc5Cl)CC[C@H]4[C@@H]3CC[C@@H]12. The molecule has 0 unspecified atom stereocenters. The number of anilines is 1. The lowest BCUT2D eigenvalue weighted by atomic mass is 9.47. The summed E-state index contributed by atoms with van der Waals surface area (Å²) >= 11 is 12.4. The Morgan fingerprint density at radius 1 is 1.12 bits per heavy atom.